The van der Waals surface area contributed by atoms with E-state index in [0.717, 1.165) is 29.2 Å². The zero-order valence-electron chi connectivity index (χ0n) is 21.0. The zero-order chi connectivity index (χ0) is 26.5. The van der Waals surface area contributed by atoms with Gasteiger partial charge < -0.3 is 20.5 Å². The summed E-state index contributed by atoms with van der Waals surface area (Å²) in [7, 11) is 1.81. The molecule has 1 heterocycles. The number of rotatable bonds is 6. The quantitative estimate of drug-likeness (QED) is 0.277. The Balaban J connectivity index is 1.19. The van der Waals surface area contributed by atoms with Crippen LogP contribution in [0.5, 0.6) is 0 Å². The molecule has 0 saturated heterocycles. The molecule has 190 valence electrons. The number of aromatic nitrogens is 2. The van der Waals surface area contributed by atoms with Crippen LogP contribution >= 0.6 is 0 Å². The van der Waals surface area contributed by atoms with Crippen molar-refractivity contribution >= 4 is 28.5 Å². The third-order valence-corrected chi connectivity index (χ3v) is 6.67. The van der Waals surface area contributed by atoms with Crippen LogP contribution in [0.2, 0.25) is 0 Å². The van der Waals surface area contributed by atoms with E-state index in [1.807, 2.05) is 19.2 Å². The Bertz CT molecular complexity index is 1590. The van der Waals surface area contributed by atoms with E-state index in [2.05, 4.69) is 63.1 Å². The molecule has 0 radical (unpaired) electrons. The Labute approximate surface area is 220 Å². The van der Waals surface area contributed by atoms with Crippen molar-refractivity contribution in [3.63, 3.8) is 0 Å². The summed E-state index contributed by atoms with van der Waals surface area (Å²) in [6, 6.07) is 21.5. The van der Waals surface area contributed by atoms with Crippen LogP contribution in [-0.2, 0) is 28.7 Å². The largest absolute Gasteiger partial charge is 0.344 e. The second-order valence-corrected chi connectivity index (χ2v) is 9.28. The highest BCUT2D eigenvalue weighted by molar-refractivity contribution is 6.35. The van der Waals surface area contributed by atoms with Crippen molar-refractivity contribution in [1.29, 1.82) is 0 Å². The maximum atomic E-state index is 13.3. The lowest BCUT2D eigenvalue weighted by atomic mass is 9.99. The number of hydrogen-bond acceptors (Lipinski definition) is 4. The number of aryl methyl sites for hydroxylation is 1. The number of amides is 3. The van der Waals surface area contributed by atoms with Crippen molar-refractivity contribution in [2.75, 3.05) is 6.54 Å². The number of nitrogens with zero attached hydrogens (tertiary/aromatic N) is 2. The van der Waals surface area contributed by atoms with E-state index in [-0.39, 0.29) is 19.0 Å². The number of fused-ring (bicyclic) bond motifs is 1. The fourth-order valence-electron chi connectivity index (χ4n) is 4.35. The Morgan fingerprint density at radius 2 is 1.68 bits per heavy atom. The van der Waals surface area contributed by atoms with Crippen LogP contribution in [0.25, 0.3) is 10.8 Å². The fraction of sp³-hybridized carbons (Fsp3) is 0.200. The first kappa shape index (κ1) is 24.8. The lowest BCUT2D eigenvalue weighted by Gasteiger charge is -2.20. The average molecular weight is 506 g/mol. The molecule has 8 heteroatoms. The molecule has 4 aromatic rings. The third kappa shape index (κ3) is 5.42. The summed E-state index contributed by atoms with van der Waals surface area (Å²) in [5.74, 6) is 4.34. The molecule has 0 atom stereocenters. The molecule has 3 N–H and O–H groups in total. The molecule has 38 heavy (non-hydrogen) atoms. The predicted molar refractivity (Wildman–Crippen MR) is 144 cm³/mol. The number of imidazole rings is 1. The molecule has 0 unspecified atom stereocenters. The van der Waals surface area contributed by atoms with Crippen molar-refractivity contribution in [1.82, 2.24) is 25.5 Å². The van der Waals surface area contributed by atoms with Crippen LogP contribution in [0.4, 0.5) is 0 Å². The van der Waals surface area contributed by atoms with Gasteiger partial charge in [0.15, 0.2) is 5.82 Å². The summed E-state index contributed by atoms with van der Waals surface area (Å²) in [6.45, 7) is 0.0483. The molecule has 8 nitrogen and oxygen atoms in total. The van der Waals surface area contributed by atoms with Gasteiger partial charge in [-0.1, -0.05) is 60.5 Å². The van der Waals surface area contributed by atoms with E-state index >= 15 is 0 Å². The molecule has 0 bridgehead atoms. The first-order valence-electron chi connectivity index (χ1n) is 12.4. The molecule has 5 rings (SSSR count). The minimum absolute atomic E-state index is 0.00889. The number of carbonyl (C=O) groups is 3. The van der Waals surface area contributed by atoms with E-state index in [4.69, 9.17) is 0 Å². The lowest BCUT2D eigenvalue weighted by Crippen LogP contribution is -2.40. The number of nitrogens with one attached hydrogen (secondary N) is 3. The van der Waals surface area contributed by atoms with E-state index in [9.17, 15) is 14.4 Å². The van der Waals surface area contributed by atoms with Crippen molar-refractivity contribution in [2.24, 2.45) is 7.05 Å². The molecule has 0 spiro atoms. The van der Waals surface area contributed by atoms with E-state index in [0.29, 0.717) is 17.0 Å². The van der Waals surface area contributed by atoms with Crippen LogP contribution in [0.3, 0.4) is 0 Å². The zero-order valence-corrected chi connectivity index (χ0v) is 21.0. The number of hydrogen-bond donors (Lipinski definition) is 3. The van der Waals surface area contributed by atoms with Crippen molar-refractivity contribution < 1.29 is 14.4 Å². The average Bonchev–Trinajstić information content (AvgIpc) is 3.61. The normalized spacial score (nSPS) is 13.2. The molecule has 3 amide bonds. The van der Waals surface area contributed by atoms with Gasteiger partial charge in [-0.3, -0.25) is 14.4 Å². The summed E-state index contributed by atoms with van der Waals surface area (Å²) < 4.78 is 1.75. The smallest absolute Gasteiger partial charge is 0.310 e. The molecule has 1 aromatic heterocycles. The second kappa shape index (κ2) is 10.6. The first-order chi connectivity index (χ1) is 18.4. The van der Waals surface area contributed by atoms with Gasteiger partial charge >= 0.3 is 11.8 Å². The first-order valence-corrected chi connectivity index (χ1v) is 12.4. The molecule has 1 fully saturated rings. The predicted octanol–water partition coefficient (Wildman–Crippen LogP) is 2.78. The van der Waals surface area contributed by atoms with E-state index in [1.165, 1.54) is 0 Å². The van der Waals surface area contributed by atoms with Crippen LogP contribution in [0.1, 0.15) is 40.2 Å². The SMILES string of the molecule is Cn1ccnc1C#CCNC(=O)C(=O)NCc1ccccc1C(=O)NC1(c2ccc3ccccc3c2)CC1. The molecule has 1 saturated carbocycles. The summed E-state index contributed by atoms with van der Waals surface area (Å²) in [5.41, 5.74) is 1.77. The van der Waals surface area contributed by atoms with Gasteiger partial charge in [-0.25, -0.2) is 4.98 Å². The van der Waals surface area contributed by atoms with Gasteiger partial charge in [-0.15, -0.1) is 0 Å². The topological polar surface area (TPSA) is 105 Å². The highest BCUT2D eigenvalue weighted by atomic mass is 16.2. The van der Waals surface area contributed by atoms with Crippen LogP contribution in [0.15, 0.2) is 79.1 Å². The molecule has 1 aliphatic carbocycles. The van der Waals surface area contributed by atoms with Crippen LogP contribution in [-0.4, -0.2) is 33.8 Å². The monoisotopic (exact) mass is 505 g/mol. The molecular formula is C30H27N5O3. The summed E-state index contributed by atoms with van der Waals surface area (Å²) in [6.07, 6.45) is 5.11. The highest BCUT2D eigenvalue weighted by Crippen LogP contribution is 2.46. The van der Waals surface area contributed by atoms with Gasteiger partial charge in [0.25, 0.3) is 5.91 Å². The second-order valence-electron chi connectivity index (χ2n) is 9.28. The van der Waals surface area contributed by atoms with Crippen molar-refractivity contribution in [3.05, 3.63) is 102 Å². The highest BCUT2D eigenvalue weighted by Gasteiger charge is 2.46. The lowest BCUT2D eigenvalue weighted by molar-refractivity contribution is -0.139. The van der Waals surface area contributed by atoms with E-state index in [1.54, 1.807) is 41.2 Å². The summed E-state index contributed by atoms with van der Waals surface area (Å²) >= 11 is 0. The maximum Gasteiger partial charge on any atom is 0.310 e. The fourth-order valence-corrected chi connectivity index (χ4v) is 4.35. The molecular weight excluding hydrogens is 478 g/mol. The van der Waals surface area contributed by atoms with Gasteiger partial charge in [-0.05, 0) is 52.8 Å². The van der Waals surface area contributed by atoms with Crippen molar-refractivity contribution in [3.8, 4) is 11.8 Å². The van der Waals surface area contributed by atoms with Gasteiger partial charge in [0.2, 0.25) is 0 Å². The van der Waals surface area contributed by atoms with Gasteiger partial charge in [0.05, 0.1) is 12.1 Å². The Morgan fingerprint density at radius 3 is 2.45 bits per heavy atom. The Kier molecular flexibility index (Phi) is 6.92. The minimum atomic E-state index is -0.797. The van der Waals surface area contributed by atoms with Crippen LogP contribution in [0, 0.1) is 11.8 Å². The number of carbonyl (C=O) groups excluding carboxylic acids is 3. The molecule has 1 aliphatic rings. The van der Waals surface area contributed by atoms with Gasteiger partial charge in [0, 0.05) is 31.5 Å². The molecule has 3 aromatic carbocycles. The summed E-state index contributed by atoms with van der Waals surface area (Å²) in [5, 5.41) is 10.6. The van der Waals surface area contributed by atoms with Gasteiger partial charge in [0.1, 0.15) is 0 Å². The minimum Gasteiger partial charge on any atom is -0.344 e. The third-order valence-electron chi connectivity index (χ3n) is 6.67. The molecule has 0 aliphatic heterocycles. The van der Waals surface area contributed by atoms with E-state index < -0.39 is 17.4 Å². The maximum absolute atomic E-state index is 13.3. The van der Waals surface area contributed by atoms with Gasteiger partial charge in [-0.2, -0.15) is 0 Å². The number of benzene rings is 3. The van der Waals surface area contributed by atoms with Crippen molar-refractivity contribution in [2.45, 2.75) is 24.9 Å². The standard InChI is InChI=1S/C30H27N5O3/c1-35-18-17-31-26(35)11-6-16-32-28(37)29(38)33-20-23-9-4-5-10-25(23)27(36)34-30(14-15-30)24-13-12-21-7-2-3-8-22(21)19-24/h2-5,7-10,12-13,17-19H,14-16,20H2,1H3,(H,32,37)(H,33,38)(H,34,36). The Morgan fingerprint density at radius 1 is 0.947 bits per heavy atom. The van der Waals surface area contributed by atoms with Crippen LogP contribution < -0.4 is 16.0 Å². The summed E-state index contributed by atoms with van der Waals surface area (Å²) in [4.78, 5) is 41.9. The Hall–Kier alpha value is -4.90.